The summed E-state index contributed by atoms with van der Waals surface area (Å²) in [6.07, 6.45) is 1.40. The Morgan fingerprint density at radius 2 is 2.33 bits per heavy atom. The molecule has 0 bridgehead atoms. The van der Waals surface area contributed by atoms with Crippen LogP contribution in [-0.2, 0) is 10.0 Å². The zero-order chi connectivity index (χ0) is 11.3. The van der Waals surface area contributed by atoms with Gasteiger partial charge in [-0.25, -0.2) is 13.1 Å². The lowest BCUT2D eigenvalue weighted by atomic mass is 10.2. The molecule has 0 radical (unpaired) electrons. The molecule has 1 N–H and O–H groups in total. The zero-order valence-corrected chi connectivity index (χ0v) is 10.8. The largest absolute Gasteiger partial charge is 0.250 e. The zero-order valence-electron chi connectivity index (χ0n) is 8.44. The molecule has 0 saturated heterocycles. The highest BCUT2D eigenvalue weighted by atomic mass is 35.5. The molecule has 1 aromatic heterocycles. The maximum absolute atomic E-state index is 11.8. The molecule has 0 aliphatic carbocycles. The molecule has 0 aromatic carbocycles. The summed E-state index contributed by atoms with van der Waals surface area (Å²) in [6.45, 7) is 1.94. The number of nitrogens with one attached hydrogen (secondary N) is 1. The molecule has 0 aliphatic rings. The third kappa shape index (κ3) is 3.75. The van der Waals surface area contributed by atoms with Gasteiger partial charge in [-0.2, -0.15) is 0 Å². The van der Waals surface area contributed by atoms with E-state index in [9.17, 15) is 8.42 Å². The van der Waals surface area contributed by atoms with Crippen LogP contribution in [0.25, 0.3) is 0 Å². The van der Waals surface area contributed by atoms with Crippen LogP contribution in [-0.4, -0.2) is 20.3 Å². The fourth-order valence-electron chi connectivity index (χ4n) is 1.17. The van der Waals surface area contributed by atoms with Crippen LogP contribution in [0, 0.1) is 0 Å². The monoisotopic (exact) mass is 267 g/mol. The quantitative estimate of drug-likeness (QED) is 0.805. The van der Waals surface area contributed by atoms with E-state index in [2.05, 4.69) is 4.72 Å². The van der Waals surface area contributed by atoms with Gasteiger partial charge in [0.1, 0.15) is 4.21 Å². The van der Waals surface area contributed by atoms with E-state index in [0.717, 1.165) is 6.42 Å². The molecule has 0 fully saturated rings. The van der Waals surface area contributed by atoms with Gasteiger partial charge in [-0.05, 0) is 24.3 Å². The highest BCUT2D eigenvalue weighted by Gasteiger charge is 2.19. The Kier molecular flexibility index (Phi) is 5.05. The van der Waals surface area contributed by atoms with Crippen molar-refractivity contribution in [2.45, 2.75) is 30.0 Å². The predicted octanol–water partition coefficient (Wildman–Crippen LogP) is 2.43. The van der Waals surface area contributed by atoms with Crippen molar-refractivity contribution in [1.82, 2.24) is 4.72 Å². The van der Waals surface area contributed by atoms with Crippen molar-refractivity contribution in [3.05, 3.63) is 17.5 Å². The second-order valence-electron chi connectivity index (χ2n) is 3.14. The van der Waals surface area contributed by atoms with Crippen molar-refractivity contribution in [2.75, 3.05) is 5.88 Å². The van der Waals surface area contributed by atoms with E-state index in [4.69, 9.17) is 11.6 Å². The SMILES string of the molecule is CCC(CCCl)NS(=O)(=O)c1cccs1. The average molecular weight is 268 g/mol. The third-order valence-corrected chi connectivity index (χ3v) is 5.17. The Balaban J connectivity index is 2.72. The highest BCUT2D eigenvalue weighted by Crippen LogP contribution is 2.16. The summed E-state index contributed by atoms with van der Waals surface area (Å²) in [5.41, 5.74) is 0. The normalized spacial score (nSPS) is 14.0. The molecule has 0 aliphatic heterocycles. The van der Waals surface area contributed by atoms with Crippen molar-refractivity contribution in [3.8, 4) is 0 Å². The maximum atomic E-state index is 11.8. The number of halogens is 1. The van der Waals surface area contributed by atoms with Crippen LogP contribution < -0.4 is 4.72 Å². The third-order valence-electron chi connectivity index (χ3n) is 2.03. The Hall–Kier alpha value is -0.100. The molecular weight excluding hydrogens is 254 g/mol. The molecule has 0 saturated carbocycles. The second kappa shape index (κ2) is 5.84. The van der Waals surface area contributed by atoms with E-state index in [1.165, 1.54) is 11.3 Å². The molecule has 6 heteroatoms. The molecular formula is C9H14ClNO2S2. The smallest absolute Gasteiger partial charge is 0.207 e. The molecule has 86 valence electrons. The summed E-state index contributed by atoms with van der Waals surface area (Å²) < 4.78 is 26.6. The molecule has 15 heavy (non-hydrogen) atoms. The Labute approximate surface area is 99.5 Å². The van der Waals surface area contributed by atoms with Gasteiger partial charge in [0, 0.05) is 11.9 Å². The fraction of sp³-hybridized carbons (Fsp3) is 0.556. The van der Waals surface area contributed by atoms with Crippen LogP contribution in [0.1, 0.15) is 19.8 Å². The van der Waals surface area contributed by atoms with E-state index in [1.807, 2.05) is 6.92 Å². The Morgan fingerprint density at radius 3 is 2.80 bits per heavy atom. The van der Waals surface area contributed by atoms with Gasteiger partial charge in [0.15, 0.2) is 0 Å². The molecule has 1 aromatic rings. The molecule has 3 nitrogen and oxygen atoms in total. The van der Waals surface area contributed by atoms with Gasteiger partial charge >= 0.3 is 0 Å². The van der Waals surface area contributed by atoms with E-state index in [0.29, 0.717) is 16.5 Å². The van der Waals surface area contributed by atoms with Crippen molar-refractivity contribution >= 4 is 33.0 Å². The van der Waals surface area contributed by atoms with Gasteiger partial charge in [0.05, 0.1) is 0 Å². The summed E-state index contributed by atoms with van der Waals surface area (Å²) in [4.78, 5) is 0. The van der Waals surface area contributed by atoms with Crippen molar-refractivity contribution < 1.29 is 8.42 Å². The summed E-state index contributed by atoms with van der Waals surface area (Å²) in [5.74, 6) is 0.464. The van der Waals surface area contributed by atoms with Crippen molar-refractivity contribution in [1.29, 1.82) is 0 Å². The molecule has 1 unspecified atom stereocenters. The molecule has 1 heterocycles. The lowest BCUT2D eigenvalue weighted by Gasteiger charge is -2.14. The number of alkyl halides is 1. The average Bonchev–Trinajstić information content (AvgIpc) is 2.70. The van der Waals surface area contributed by atoms with Crippen molar-refractivity contribution in [3.63, 3.8) is 0 Å². The van der Waals surface area contributed by atoms with Crippen LogP contribution in [0.4, 0.5) is 0 Å². The molecule has 0 spiro atoms. The first-order chi connectivity index (χ1) is 7.10. The molecule has 1 atom stereocenters. The number of thiophene rings is 1. The first-order valence-corrected chi connectivity index (χ1v) is 7.61. The van der Waals surface area contributed by atoms with Crippen LogP contribution >= 0.6 is 22.9 Å². The van der Waals surface area contributed by atoms with Crippen LogP contribution in [0.3, 0.4) is 0 Å². The summed E-state index contributed by atoms with van der Waals surface area (Å²) in [7, 11) is -3.34. The lowest BCUT2D eigenvalue weighted by Crippen LogP contribution is -2.34. The minimum Gasteiger partial charge on any atom is -0.207 e. The van der Waals surface area contributed by atoms with E-state index >= 15 is 0 Å². The first kappa shape index (κ1) is 13.0. The number of hydrogen-bond acceptors (Lipinski definition) is 3. The van der Waals surface area contributed by atoms with Gasteiger partial charge in [-0.1, -0.05) is 13.0 Å². The molecule has 1 rings (SSSR count). The Morgan fingerprint density at radius 1 is 1.60 bits per heavy atom. The van der Waals surface area contributed by atoms with Crippen LogP contribution in [0.5, 0.6) is 0 Å². The summed E-state index contributed by atoms with van der Waals surface area (Å²) in [6, 6.07) is 3.25. The van der Waals surface area contributed by atoms with E-state index in [1.54, 1.807) is 17.5 Å². The number of sulfonamides is 1. The first-order valence-electron chi connectivity index (χ1n) is 4.72. The topological polar surface area (TPSA) is 46.2 Å². The second-order valence-corrected chi connectivity index (χ2v) is 6.40. The van der Waals surface area contributed by atoms with E-state index in [-0.39, 0.29) is 6.04 Å². The fourth-order valence-corrected chi connectivity index (χ4v) is 3.80. The van der Waals surface area contributed by atoms with Crippen LogP contribution in [0.15, 0.2) is 21.7 Å². The van der Waals surface area contributed by atoms with Gasteiger partial charge in [0.25, 0.3) is 0 Å². The van der Waals surface area contributed by atoms with Gasteiger partial charge < -0.3 is 0 Å². The summed E-state index contributed by atoms with van der Waals surface area (Å²) >= 11 is 6.81. The number of rotatable bonds is 6. The van der Waals surface area contributed by atoms with E-state index < -0.39 is 10.0 Å². The van der Waals surface area contributed by atoms with Gasteiger partial charge in [0.2, 0.25) is 10.0 Å². The van der Waals surface area contributed by atoms with Gasteiger partial charge in [-0.3, -0.25) is 0 Å². The molecule has 0 amide bonds. The minimum atomic E-state index is -3.34. The number of hydrogen-bond donors (Lipinski definition) is 1. The predicted molar refractivity (Wildman–Crippen MR) is 64.1 cm³/mol. The van der Waals surface area contributed by atoms with Crippen LogP contribution in [0.2, 0.25) is 0 Å². The summed E-state index contributed by atoms with van der Waals surface area (Å²) in [5, 5.41) is 1.75. The minimum absolute atomic E-state index is 0.0744. The maximum Gasteiger partial charge on any atom is 0.250 e. The highest BCUT2D eigenvalue weighted by molar-refractivity contribution is 7.91. The standard InChI is InChI=1S/C9H14ClNO2S2/c1-2-8(5-6-10)11-15(12,13)9-4-3-7-14-9/h3-4,7-8,11H,2,5-6H2,1H3. The Bertz CT molecular complexity index is 375. The lowest BCUT2D eigenvalue weighted by molar-refractivity contribution is 0.533. The van der Waals surface area contributed by atoms with Crippen molar-refractivity contribution in [2.24, 2.45) is 0 Å². The van der Waals surface area contributed by atoms with Gasteiger partial charge in [-0.15, -0.1) is 22.9 Å².